The summed E-state index contributed by atoms with van der Waals surface area (Å²) in [5, 5.41) is 11.0. The van der Waals surface area contributed by atoms with Crippen molar-refractivity contribution in [3.05, 3.63) is 21.6 Å². The Labute approximate surface area is 110 Å². The number of hydrogen-bond donors (Lipinski definition) is 0. The maximum absolute atomic E-state index is 11.0. The van der Waals surface area contributed by atoms with E-state index in [1.807, 2.05) is 4.90 Å². The van der Waals surface area contributed by atoms with E-state index in [2.05, 4.69) is 23.8 Å². The van der Waals surface area contributed by atoms with Crippen molar-refractivity contribution in [3.8, 4) is 0 Å². The first-order valence-electron chi connectivity index (χ1n) is 5.91. The fraction of sp³-hybridized carbons (Fsp3) is 0.636. The molecule has 0 aliphatic carbocycles. The molecule has 1 aliphatic rings. The van der Waals surface area contributed by atoms with Gasteiger partial charge in [0.2, 0.25) is 11.1 Å². The van der Waals surface area contributed by atoms with Gasteiger partial charge in [-0.25, -0.2) is 4.98 Å². The van der Waals surface area contributed by atoms with Gasteiger partial charge in [-0.2, -0.15) is 4.98 Å². The first kappa shape index (κ1) is 13.0. The Hall–Kier alpha value is -1.43. The number of nitro groups is 1. The van der Waals surface area contributed by atoms with Crippen molar-refractivity contribution in [1.82, 2.24) is 9.97 Å². The first-order chi connectivity index (χ1) is 8.49. The van der Waals surface area contributed by atoms with Crippen molar-refractivity contribution in [2.24, 2.45) is 11.8 Å². The van der Waals surface area contributed by atoms with Crippen LogP contribution in [0.15, 0.2) is 6.20 Å². The zero-order valence-corrected chi connectivity index (χ0v) is 11.1. The second kappa shape index (κ2) is 5.06. The lowest BCUT2D eigenvalue weighted by Gasteiger charge is -2.35. The van der Waals surface area contributed by atoms with Crippen LogP contribution < -0.4 is 4.90 Å². The molecule has 0 N–H and O–H groups in total. The maximum Gasteiger partial charge on any atom is 0.329 e. The van der Waals surface area contributed by atoms with Crippen molar-refractivity contribution < 1.29 is 4.92 Å². The minimum Gasteiger partial charge on any atom is -0.350 e. The highest BCUT2D eigenvalue weighted by Gasteiger charge is 2.28. The van der Waals surface area contributed by atoms with E-state index in [4.69, 9.17) is 11.6 Å². The third kappa shape index (κ3) is 2.53. The normalized spacial score (nSPS) is 24.1. The number of anilines is 1. The third-order valence-corrected chi connectivity index (χ3v) is 3.73. The Bertz CT molecular complexity index is 468. The van der Waals surface area contributed by atoms with E-state index in [0.29, 0.717) is 17.7 Å². The van der Waals surface area contributed by atoms with Gasteiger partial charge in [0.15, 0.2) is 0 Å². The molecular formula is C11H15ClN4O2. The van der Waals surface area contributed by atoms with Crippen molar-refractivity contribution in [1.29, 1.82) is 0 Å². The molecule has 2 rings (SSSR count). The standard InChI is InChI=1S/C11H15ClN4O2/c1-7-3-4-15(6-8(7)2)10-9(16(17)18)5-13-11(12)14-10/h5,7-8H,3-4,6H2,1-2H3. The zero-order chi connectivity index (χ0) is 13.3. The van der Waals surface area contributed by atoms with E-state index >= 15 is 0 Å². The number of aromatic nitrogens is 2. The molecule has 2 unspecified atom stereocenters. The van der Waals surface area contributed by atoms with Crippen LogP contribution in [-0.4, -0.2) is 28.0 Å². The molecule has 0 spiro atoms. The highest BCUT2D eigenvalue weighted by molar-refractivity contribution is 6.28. The zero-order valence-electron chi connectivity index (χ0n) is 10.3. The average molecular weight is 271 g/mol. The summed E-state index contributed by atoms with van der Waals surface area (Å²) in [5.41, 5.74) is -0.0823. The van der Waals surface area contributed by atoms with Crippen LogP contribution in [0.5, 0.6) is 0 Å². The Morgan fingerprint density at radius 3 is 2.83 bits per heavy atom. The van der Waals surface area contributed by atoms with Crippen molar-refractivity contribution in [2.45, 2.75) is 20.3 Å². The molecule has 0 amide bonds. The van der Waals surface area contributed by atoms with E-state index in [0.717, 1.165) is 19.5 Å². The molecule has 98 valence electrons. The Morgan fingerprint density at radius 1 is 1.50 bits per heavy atom. The minimum atomic E-state index is -0.464. The van der Waals surface area contributed by atoms with Crippen LogP contribution in [0.3, 0.4) is 0 Å². The van der Waals surface area contributed by atoms with E-state index in [1.165, 1.54) is 6.20 Å². The Balaban J connectivity index is 2.32. The minimum absolute atomic E-state index is 0.0434. The summed E-state index contributed by atoms with van der Waals surface area (Å²) in [5.74, 6) is 1.43. The highest BCUT2D eigenvalue weighted by atomic mass is 35.5. The Kier molecular flexibility index (Phi) is 3.65. The second-order valence-electron chi connectivity index (χ2n) is 4.79. The Morgan fingerprint density at radius 2 is 2.22 bits per heavy atom. The van der Waals surface area contributed by atoms with E-state index < -0.39 is 4.92 Å². The lowest BCUT2D eigenvalue weighted by atomic mass is 9.89. The van der Waals surface area contributed by atoms with Crippen molar-refractivity contribution in [3.63, 3.8) is 0 Å². The largest absolute Gasteiger partial charge is 0.350 e. The summed E-state index contributed by atoms with van der Waals surface area (Å²) in [4.78, 5) is 20.1. The summed E-state index contributed by atoms with van der Waals surface area (Å²) < 4.78 is 0. The number of hydrogen-bond acceptors (Lipinski definition) is 5. The van der Waals surface area contributed by atoms with Gasteiger partial charge >= 0.3 is 5.69 Å². The SMILES string of the molecule is CC1CCN(c2nc(Cl)ncc2[N+](=O)[O-])CC1C. The van der Waals surface area contributed by atoms with Gasteiger partial charge in [-0.3, -0.25) is 10.1 Å². The van der Waals surface area contributed by atoms with Crippen molar-refractivity contribution >= 4 is 23.1 Å². The van der Waals surface area contributed by atoms with Gasteiger partial charge in [0.25, 0.3) is 0 Å². The van der Waals surface area contributed by atoms with Gasteiger partial charge in [0.05, 0.1) is 4.92 Å². The van der Waals surface area contributed by atoms with E-state index in [-0.39, 0.29) is 11.0 Å². The van der Waals surface area contributed by atoms with Gasteiger partial charge in [-0.1, -0.05) is 13.8 Å². The molecule has 2 atom stereocenters. The van der Waals surface area contributed by atoms with E-state index in [1.54, 1.807) is 0 Å². The quantitative estimate of drug-likeness (QED) is 0.469. The molecule has 1 aromatic rings. The molecule has 1 fully saturated rings. The summed E-state index contributed by atoms with van der Waals surface area (Å²) in [6, 6.07) is 0. The van der Waals surface area contributed by atoms with Gasteiger partial charge in [-0.05, 0) is 29.9 Å². The predicted octanol–water partition coefficient (Wildman–Crippen LogP) is 2.52. The van der Waals surface area contributed by atoms with Crippen LogP contribution in [0.4, 0.5) is 11.5 Å². The van der Waals surface area contributed by atoms with Crippen molar-refractivity contribution in [2.75, 3.05) is 18.0 Å². The molecule has 1 saturated heterocycles. The number of nitrogens with zero attached hydrogens (tertiary/aromatic N) is 4. The molecular weight excluding hydrogens is 256 g/mol. The lowest BCUT2D eigenvalue weighted by molar-refractivity contribution is -0.384. The summed E-state index contributed by atoms with van der Waals surface area (Å²) in [6.07, 6.45) is 2.17. The molecule has 2 heterocycles. The highest BCUT2D eigenvalue weighted by Crippen LogP contribution is 2.31. The summed E-state index contributed by atoms with van der Waals surface area (Å²) in [6.45, 7) is 5.86. The van der Waals surface area contributed by atoms with Gasteiger partial charge in [0.1, 0.15) is 6.20 Å². The molecule has 18 heavy (non-hydrogen) atoms. The predicted molar refractivity (Wildman–Crippen MR) is 68.9 cm³/mol. The number of piperidine rings is 1. The fourth-order valence-corrected chi connectivity index (χ4v) is 2.29. The molecule has 7 heteroatoms. The lowest BCUT2D eigenvalue weighted by Crippen LogP contribution is -2.39. The van der Waals surface area contributed by atoms with E-state index in [9.17, 15) is 10.1 Å². The summed E-state index contributed by atoms with van der Waals surface area (Å²) in [7, 11) is 0. The molecule has 0 saturated carbocycles. The monoisotopic (exact) mass is 270 g/mol. The number of rotatable bonds is 2. The molecule has 0 radical (unpaired) electrons. The van der Waals surface area contributed by atoms with Crippen LogP contribution in [0.1, 0.15) is 20.3 Å². The molecule has 0 aromatic carbocycles. The van der Waals surface area contributed by atoms with Crippen LogP contribution in [0, 0.1) is 22.0 Å². The molecule has 6 nitrogen and oxygen atoms in total. The second-order valence-corrected chi connectivity index (χ2v) is 5.13. The number of halogens is 1. The third-order valence-electron chi connectivity index (χ3n) is 3.55. The molecule has 0 bridgehead atoms. The fourth-order valence-electron chi connectivity index (χ4n) is 2.16. The molecule has 1 aromatic heterocycles. The van der Waals surface area contributed by atoms with Crippen LogP contribution >= 0.6 is 11.6 Å². The smallest absolute Gasteiger partial charge is 0.329 e. The topological polar surface area (TPSA) is 72.2 Å². The van der Waals surface area contributed by atoms with Crippen LogP contribution in [0.2, 0.25) is 5.28 Å². The average Bonchev–Trinajstić information content (AvgIpc) is 2.32. The first-order valence-corrected chi connectivity index (χ1v) is 6.28. The van der Waals surface area contributed by atoms with Crippen LogP contribution in [-0.2, 0) is 0 Å². The molecule has 1 aliphatic heterocycles. The van der Waals surface area contributed by atoms with Gasteiger partial charge < -0.3 is 4.90 Å². The van der Waals surface area contributed by atoms with Gasteiger partial charge in [-0.15, -0.1) is 0 Å². The van der Waals surface area contributed by atoms with Crippen LogP contribution in [0.25, 0.3) is 0 Å². The summed E-state index contributed by atoms with van der Waals surface area (Å²) >= 11 is 5.73. The van der Waals surface area contributed by atoms with Gasteiger partial charge in [0, 0.05) is 13.1 Å². The maximum atomic E-state index is 11.0.